The van der Waals surface area contributed by atoms with Crippen molar-refractivity contribution in [2.24, 2.45) is 5.73 Å². The van der Waals surface area contributed by atoms with Crippen molar-refractivity contribution in [3.05, 3.63) is 0 Å². The predicted octanol–water partition coefficient (Wildman–Crippen LogP) is -0.745. The summed E-state index contributed by atoms with van der Waals surface area (Å²) in [5, 5.41) is 23.5. The van der Waals surface area contributed by atoms with E-state index < -0.39 is 42.0 Å². The molecule has 0 aromatic heterocycles. The lowest BCUT2D eigenvalue weighted by molar-refractivity contribution is -0.142. The molecule has 8 nitrogen and oxygen atoms in total. The predicted molar refractivity (Wildman–Crippen MR) is 97.2 cm³/mol. The fourth-order valence-corrected chi connectivity index (χ4v) is 2.70. The van der Waals surface area contributed by atoms with Crippen LogP contribution >= 0.6 is 23.5 Å². The molecule has 2 amide bonds. The second-order valence-electron chi connectivity index (χ2n) is 5.29. The van der Waals surface area contributed by atoms with E-state index in [0.717, 1.165) is 0 Å². The third-order valence-electron chi connectivity index (χ3n) is 3.29. The van der Waals surface area contributed by atoms with E-state index in [9.17, 15) is 24.6 Å². The van der Waals surface area contributed by atoms with E-state index >= 15 is 0 Å². The topological polar surface area (TPSA) is 142 Å². The fraction of sp³-hybridized carbons (Fsp3) is 0.786. The standard InChI is InChI=1S/C14H27N3O5S2/c1-8(18)11(15)13(20)16-9(4-6-23-2)12(19)17-10(14(21)22)5-7-24-3/h8-11,18H,4-7,15H2,1-3H3,(H,16,20)(H,17,19)(H,21,22)/t8-,9+,10+,11+/m1/s1. The minimum atomic E-state index is -1.15. The summed E-state index contributed by atoms with van der Waals surface area (Å²) in [5.74, 6) is -1.14. The van der Waals surface area contributed by atoms with Crippen molar-refractivity contribution in [3.8, 4) is 0 Å². The van der Waals surface area contributed by atoms with Crippen LogP contribution in [0.5, 0.6) is 0 Å². The van der Waals surface area contributed by atoms with E-state index in [1.54, 1.807) is 0 Å². The SMILES string of the molecule is CSCC[C@H](NC(=O)[C@H](CCSC)NC(=O)[C@@H](N)[C@@H](C)O)C(=O)O. The molecule has 6 N–H and O–H groups in total. The van der Waals surface area contributed by atoms with Crippen LogP contribution in [0, 0.1) is 0 Å². The van der Waals surface area contributed by atoms with Crippen LogP contribution in [-0.4, -0.2) is 76.2 Å². The number of thioether (sulfide) groups is 2. The zero-order chi connectivity index (χ0) is 18.7. The van der Waals surface area contributed by atoms with Crippen LogP contribution in [0.4, 0.5) is 0 Å². The number of aliphatic hydroxyl groups excluding tert-OH is 1. The number of carbonyl (C=O) groups excluding carboxylic acids is 2. The van der Waals surface area contributed by atoms with Crippen molar-refractivity contribution >= 4 is 41.3 Å². The lowest BCUT2D eigenvalue weighted by atomic mass is 10.1. The summed E-state index contributed by atoms with van der Waals surface area (Å²) in [4.78, 5) is 35.5. The largest absolute Gasteiger partial charge is 0.480 e. The highest BCUT2D eigenvalue weighted by atomic mass is 32.2. The average molecular weight is 382 g/mol. The molecule has 0 aromatic carbocycles. The Morgan fingerprint density at radius 2 is 1.46 bits per heavy atom. The van der Waals surface area contributed by atoms with E-state index in [1.807, 2.05) is 12.5 Å². The highest BCUT2D eigenvalue weighted by Gasteiger charge is 2.28. The molecule has 0 rings (SSSR count). The van der Waals surface area contributed by atoms with Crippen molar-refractivity contribution in [2.45, 2.75) is 44.0 Å². The van der Waals surface area contributed by atoms with Gasteiger partial charge in [0.2, 0.25) is 11.8 Å². The quantitative estimate of drug-likeness (QED) is 0.297. The molecule has 24 heavy (non-hydrogen) atoms. The van der Waals surface area contributed by atoms with Gasteiger partial charge in [-0.25, -0.2) is 4.79 Å². The van der Waals surface area contributed by atoms with Gasteiger partial charge in [0.25, 0.3) is 0 Å². The van der Waals surface area contributed by atoms with Gasteiger partial charge < -0.3 is 26.6 Å². The number of rotatable bonds is 12. The Kier molecular flexibility index (Phi) is 11.9. The summed E-state index contributed by atoms with van der Waals surface area (Å²) in [7, 11) is 0. The van der Waals surface area contributed by atoms with Gasteiger partial charge in [0.05, 0.1) is 6.10 Å². The van der Waals surface area contributed by atoms with Crippen LogP contribution in [0.2, 0.25) is 0 Å². The summed E-state index contributed by atoms with van der Waals surface area (Å²) in [6, 6.07) is -3.06. The maximum Gasteiger partial charge on any atom is 0.326 e. The lowest BCUT2D eigenvalue weighted by Gasteiger charge is -2.23. The molecule has 0 aliphatic rings. The van der Waals surface area contributed by atoms with Gasteiger partial charge in [0.1, 0.15) is 18.1 Å². The Labute approximate surface area is 150 Å². The smallest absolute Gasteiger partial charge is 0.326 e. The molecular weight excluding hydrogens is 354 g/mol. The zero-order valence-electron chi connectivity index (χ0n) is 14.2. The van der Waals surface area contributed by atoms with E-state index in [-0.39, 0.29) is 0 Å². The molecule has 0 heterocycles. The lowest BCUT2D eigenvalue weighted by Crippen LogP contribution is -2.56. The molecule has 0 aliphatic heterocycles. The number of carbonyl (C=O) groups is 3. The number of nitrogens with one attached hydrogen (secondary N) is 2. The molecule has 0 spiro atoms. The second-order valence-corrected chi connectivity index (χ2v) is 7.26. The average Bonchev–Trinajstić information content (AvgIpc) is 2.53. The van der Waals surface area contributed by atoms with Gasteiger partial charge in [-0.15, -0.1) is 0 Å². The van der Waals surface area contributed by atoms with E-state index in [1.165, 1.54) is 30.4 Å². The van der Waals surface area contributed by atoms with Crippen molar-refractivity contribution in [3.63, 3.8) is 0 Å². The first-order chi connectivity index (χ1) is 11.2. The van der Waals surface area contributed by atoms with Crippen molar-refractivity contribution in [2.75, 3.05) is 24.0 Å². The van der Waals surface area contributed by atoms with E-state index in [0.29, 0.717) is 24.3 Å². The summed E-state index contributed by atoms with van der Waals surface area (Å²) in [5.41, 5.74) is 5.56. The number of aliphatic carboxylic acids is 1. The Balaban J connectivity index is 4.91. The first-order valence-electron chi connectivity index (χ1n) is 7.49. The zero-order valence-corrected chi connectivity index (χ0v) is 15.8. The van der Waals surface area contributed by atoms with Crippen LogP contribution in [0.3, 0.4) is 0 Å². The first kappa shape index (κ1) is 23.0. The number of carboxylic acids is 1. The Hall–Kier alpha value is -0.970. The monoisotopic (exact) mass is 381 g/mol. The van der Waals surface area contributed by atoms with Crippen molar-refractivity contribution < 1.29 is 24.6 Å². The molecule has 0 aliphatic carbocycles. The molecular formula is C14H27N3O5S2. The molecule has 0 aromatic rings. The summed E-state index contributed by atoms with van der Waals surface area (Å²) in [6.07, 6.45) is 3.28. The summed E-state index contributed by atoms with van der Waals surface area (Å²) < 4.78 is 0. The van der Waals surface area contributed by atoms with Gasteiger partial charge >= 0.3 is 5.97 Å². The normalized spacial score (nSPS) is 15.9. The third kappa shape index (κ3) is 8.76. The number of amides is 2. The van der Waals surface area contributed by atoms with Crippen LogP contribution in [-0.2, 0) is 14.4 Å². The van der Waals surface area contributed by atoms with Gasteiger partial charge in [-0.2, -0.15) is 23.5 Å². The molecule has 0 unspecified atom stereocenters. The molecule has 0 radical (unpaired) electrons. The molecule has 0 bridgehead atoms. The van der Waals surface area contributed by atoms with Gasteiger partial charge in [-0.05, 0) is 43.8 Å². The van der Waals surface area contributed by atoms with Crippen molar-refractivity contribution in [1.82, 2.24) is 10.6 Å². The third-order valence-corrected chi connectivity index (χ3v) is 4.58. The minimum Gasteiger partial charge on any atom is -0.480 e. The van der Waals surface area contributed by atoms with Gasteiger partial charge in [-0.3, -0.25) is 9.59 Å². The Morgan fingerprint density at radius 3 is 1.88 bits per heavy atom. The highest BCUT2D eigenvalue weighted by Crippen LogP contribution is 2.05. The number of hydrogen-bond acceptors (Lipinski definition) is 7. The Bertz CT molecular complexity index is 423. The molecule has 0 saturated heterocycles. The van der Waals surface area contributed by atoms with Gasteiger partial charge in [0.15, 0.2) is 0 Å². The van der Waals surface area contributed by atoms with Gasteiger partial charge in [0, 0.05) is 0 Å². The first-order valence-corrected chi connectivity index (χ1v) is 10.3. The fourth-order valence-electron chi connectivity index (χ4n) is 1.76. The van der Waals surface area contributed by atoms with Gasteiger partial charge in [-0.1, -0.05) is 0 Å². The number of hydrogen-bond donors (Lipinski definition) is 5. The van der Waals surface area contributed by atoms with E-state index in [4.69, 9.17) is 5.73 Å². The highest BCUT2D eigenvalue weighted by molar-refractivity contribution is 7.98. The number of aliphatic hydroxyl groups is 1. The molecule has 0 saturated carbocycles. The van der Waals surface area contributed by atoms with Crippen LogP contribution in [0.1, 0.15) is 19.8 Å². The number of carboxylic acid groups (broad SMARTS) is 1. The van der Waals surface area contributed by atoms with Crippen LogP contribution in [0.15, 0.2) is 0 Å². The van der Waals surface area contributed by atoms with Crippen molar-refractivity contribution in [1.29, 1.82) is 0 Å². The second kappa shape index (κ2) is 12.4. The van der Waals surface area contributed by atoms with E-state index in [2.05, 4.69) is 10.6 Å². The maximum absolute atomic E-state index is 12.3. The molecule has 4 atom stereocenters. The minimum absolute atomic E-state index is 0.290. The molecule has 140 valence electrons. The Morgan fingerprint density at radius 1 is 1.00 bits per heavy atom. The maximum atomic E-state index is 12.3. The number of nitrogens with two attached hydrogens (primary N) is 1. The summed E-state index contributed by atoms with van der Waals surface area (Å²) in [6.45, 7) is 1.38. The molecule has 10 heteroatoms. The molecule has 0 fully saturated rings. The van der Waals surface area contributed by atoms with Crippen LogP contribution < -0.4 is 16.4 Å². The summed E-state index contributed by atoms with van der Waals surface area (Å²) >= 11 is 2.98. The van der Waals surface area contributed by atoms with Crippen LogP contribution in [0.25, 0.3) is 0 Å².